The molecule has 0 amide bonds. The zero-order valence-electron chi connectivity index (χ0n) is 21.3. The maximum Gasteiger partial charge on any atom is 0.469 e. The zero-order valence-corrected chi connectivity index (χ0v) is 23.0. The lowest BCUT2D eigenvalue weighted by molar-refractivity contribution is -0.0469. The van der Waals surface area contributed by atoms with E-state index in [1.54, 1.807) is 12.3 Å². The first-order chi connectivity index (χ1) is 19.4. The molecule has 1 aliphatic carbocycles. The molecule has 1 saturated carbocycles. The molecule has 3 aromatic heterocycles. The summed E-state index contributed by atoms with van der Waals surface area (Å²) in [6, 6.07) is 1.34. The second-order valence-electron chi connectivity index (χ2n) is 9.66. The lowest BCUT2D eigenvalue weighted by Crippen LogP contribution is -2.28. The fraction of sp³-hybridized carbons (Fsp3) is 0.550. The number of ether oxygens (including phenoxy) is 1. The zero-order chi connectivity index (χ0) is 29.4. The lowest BCUT2D eigenvalue weighted by Gasteiger charge is -2.25. The van der Waals surface area contributed by atoms with Crippen molar-refractivity contribution >= 4 is 38.5 Å². The lowest BCUT2D eigenvalue weighted by atomic mass is 10.1. The van der Waals surface area contributed by atoms with Crippen molar-refractivity contribution in [1.82, 2.24) is 29.5 Å². The van der Waals surface area contributed by atoms with Crippen molar-refractivity contribution in [3.05, 3.63) is 35.3 Å². The van der Waals surface area contributed by atoms with Crippen LogP contribution in [0.4, 0.5) is 11.8 Å². The molecule has 4 heterocycles. The Morgan fingerprint density at radius 3 is 2.76 bits per heavy atom. The van der Waals surface area contributed by atoms with Gasteiger partial charge in [0, 0.05) is 12.6 Å². The smallest absolute Gasteiger partial charge is 0.391 e. The van der Waals surface area contributed by atoms with Crippen LogP contribution in [0.1, 0.15) is 25.5 Å². The molecule has 7 atom stereocenters. The molecule has 19 nitrogen and oxygen atoms in total. The van der Waals surface area contributed by atoms with Crippen molar-refractivity contribution < 1.29 is 42.7 Å². The van der Waals surface area contributed by atoms with E-state index in [0.717, 1.165) is 0 Å². The first-order valence-corrected chi connectivity index (χ1v) is 15.5. The van der Waals surface area contributed by atoms with Crippen LogP contribution in [0, 0.1) is 11.1 Å². The van der Waals surface area contributed by atoms with E-state index in [2.05, 4.69) is 34.8 Å². The number of phosphoric ester groups is 1. The third-order valence-electron chi connectivity index (χ3n) is 6.60. The molecule has 1 unspecified atom stereocenters. The van der Waals surface area contributed by atoms with Crippen molar-refractivity contribution in [3.63, 3.8) is 0 Å². The van der Waals surface area contributed by atoms with Gasteiger partial charge in [0.25, 0.3) is 5.56 Å². The van der Waals surface area contributed by atoms with Crippen LogP contribution >= 0.6 is 15.6 Å². The summed E-state index contributed by atoms with van der Waals surface area (Å²) in [6.07, 6.45) is 1.04. The van der Waals surface area contributed by atoms with Crippen molar-refractivity contribution in [3.8, 4) is 0 Å². The second-order valence-corrected chi connectivity index (χ2v) is 12.4. The van der Waals surface area contributed by atoms with Gasteiger partial charge in [0.2, 0.25) is 5.95 Å². The van der Waals surface area contributed by atoms with Crippen molar-refractivity contribution in [2.45, 2.75) is 49.8 Å². The largest absolute Gasteiger partial charge is 0.469 e. The number of aromatic amines is 1. The third-order valence-corrected chi connectivity index (χ3v) is 8.14. The van der Waals surface area contributed by atoms with E-state index in [-0.39, 0.29) is 42.1 Å². The molecule has 2 aliphatic rings. The summed E-state index contributed by atoms with van der Waals surface area (Å²) >= 11 is 0. The van der Waals surface area contributed by atoms with Crippen LogP contribution in [-0.4, -0.2) is 86.8 Å². The SMILES string of the molecule is N=P(O)(OC[C@@H]1C[C@@H](O)[C@H](Nc2ccncn2)C1)O[C@@H]1C[C@@H](COP(=O)(O)O)O[C@H]1n1cnc2c(=O)[nH]c(N)nc21. The summed E-state index contributed by atoms with van der Waals surface area (Å²) in [7, 11) is -9.06. The van der Waals surface area contributed by atoms with E-state index < -0.39 is 52.3 Å². The average Bonchev–Trinajstić information content (AvgIpc) is 3.58. The molecule has 1 saturated heterocycles. The number of aliphatic hydroxyl groups is 1. The number of hydrogen-bond acceptors (Lipinski definition) is 14. The van der Waals surface area contributed by atoms with Gasteiger partial charge >= 0.3 is 15.6 Å². The quantitative estimate of drug-likeness (QED) is 0.132. The van der Waals surface area contributed by atoms with Gasteiger partial charge in [-0.1, -0.05) is 0 Å². The molecule has 2 fully saturated rings. The summed E-state index contributed by atoms with van der Waals surface area (Å²) in [5.41, 5.74) is 5.03. The summed E-state index contributed by atoms with van der Waals surface area (Å²) in [5.74, 6) is 0.148. The molecule has 3 aromatic rings. The van der Waals surface area contributed by atoms with Gasteiger partial charge in [-0.05, 0) is 24.8 Å². The average molecular weight is 617 g/mol. The number of nitrogens with one attached hydrogen (secondary N) is 3. The Bertz CT molecular complexity index is 1520. The summed E-state index contributed by atoms with van der Waals surface area (Å²) in [4.78, 5) is 59.5. The van der Waals surface area contributed by atoms with Gasteiger partial charge < -0.3 is 40.1 Å². The van der Waals surface area contributed by atoms with Crippen LogP contribution in [0.15, 0.2) is 29.7 Å². The predicted octanol–water partition coefficient (Wildman–Crippen LogP) is 0.0593. The Labute approximate surface area is 231 Å². The monoisotopic (exact) mass is 617 g/mol. The number of hydrogen-bond donors (Lipinski definition) is 8. The number of rotatable bonds is 11. The van der Waals surface area contributed by atoms with E-state index in [0.29, 0.717) is 18.7 Å². The number of aliphatic hydroxyl groups excluding tert-OH is 1. The van der Waals surface area contributed by atoms with Gasteiger partial charge in [0.05, 0.1) is 37.8 Å². The number of aromatic nitrogens is 6. The Hall–Kier alpha value is -2.83. The maximum absolute atomic E-state index is 12.2. The van der Waals surface area contributed by atoms with Crippen LogP contribution in [0.5, 0.6) is 0 Å². The van der Waals surface area contributed by atoms with Gasteiger partial charge in [-0.15, -0.1) is 0 Å². The molecule has 0 spiro atoms. The number of nitrogens with zero attached hydrogens (tertiary/aromatic N) is 5. The standard InChI is InChI=1S/C20H29N9O10P2/c21-20-27-17-16(18(31)28-20)25-9-29(17)19-14(5-11(38-19)7-37-41(33,34)35)39-40(22,32)36-6-10-3-12(13(30)4-10)26-15-1-2-23-8-24-15/h1-2,8-14,19,30H,3-7H2,(H2,22,32)(H,23,24,26)(H2,33,34,35)(H3,21,27,28,31)/t10-,11-,12+,13+,14+,19+,40?/m0/s1. The molecule has 0 radical (unpaired) electrons. The van der Waals surface area contributed by atoms with Gasteiger partial charge in [-0.2, -0.15) is 4.98 Å². The highest BCUT2D eigenvalue weighted by atomic mass is 31.2. The molecular formula is C20H29N9O10P2. The molecule has 224 valence electrons. The van der Waals surface area contributed by atoms with Crippen molar-refractivity contribution in [1.29, 1.82) is 5.16 Å². The minimum atomic E-state index is -4.82. The maximum atomic E-state index is 12.2. The highest BCUT2D eigenvalue weighted by molar-refractivity contribution is 7.48. The van der Waals surface area contributed by atoms with Crippen molar-refractivity contribution in [2.24, 2.45) is 5.92 Å². The fourth-order valence-electron chi connectivity index (χ4n) is 4.87. The Morgan fingerprint density at radius 1 is 1.22 bits per heavy atom. The van der Waals surface area contributed by atoms with Crippen molar-refractivity contribution in [2.75, 3.05) is 24.3 Å². The van der Waals surface area contributed by atoms with E-state index >= 15 is 0 Å². The second kappa shape index (κ2) is 11.8. The summed E-state index contributed by atoms with van der Waals surface area (Å²) in [5, 5.41) is 21.9. The topological polar surface area (TPSA) is 286 Å². The van der Waals surface area contributed by atoms with E-state index in [1.165, 1.54) is 17.2 Å². The number of nitrogens with two attached hydrogens (primary N) is 1. The minimum Gasteiger partial charge on any atom is -0.391 e. The van der Waals surface area contributed by atoms with Gasteiger partial charge in [-0.25, -0.2) is 24.7 Å². The van der Waals surface area contributed by atoms with Crippen LogP contribution < -0.4 is 16.6 Å². The molecule has 0 bridgehead atoms. The van der Waals surface area contributed by atoms with Gasteiger partial charge in [-0.3, -0.25) is 23.4 Å². The highest BCUT2D eigenvalue weighted by Gasteiger charge is 2.43. The Balaban J connectivity index is 1.27. The molecule has 0 aromatic carbocycles. The molecule has 41 heavy (non-hydrogen) atoms. The first kappa shape index (κ1) is 29.7. The van der Waals surface area contributed by atoms with Gasteiger partial charge in [0.15, 0.2) is 17.4 Å². The Morgan fingerprint density at radius 2 is 2.02 bits per heavy atom. The molecule has 9 N–H and O–H groups in total. The van der Waals surface area contributed by atoms with Gasteiger partial charge in [0.1, 0.15) is 18.2 Å². The molecule has 5 rings (SSSR count). The summed E-state index contributed by atoms with van der Waals surface area (Å²) < 4.78 is 34.1. The normalized spacial score (nSPS) is 28.2. The van der Waals surface area contributed by atoms with Crippen LogP contribution in [0.3, 0.4) is 0 Å². The summed E-state index contributed by atoms with van der Waals surface area (Å²) in [6.45, 7) is -0.614. The number of anilines is 2. The molecular weight excluding hydrogens is 588 g/mol. The number of nitrogen functional groups attached to an aromatic ring is 1. The number of H-pyrrole nitrogens is 1. The third kappa shape index (κ3) is 7.34. The van der Waals surface area contributed by atoms with Crippen LogP contribution in [-0.2, 0) is 22.9 Å². The highest BCUT2D eigenvalue weighted by Crippen LogP contribution is 2.51. The predicted molar refractivity (Wildman–Crippen MR) is 140 cm³/mol. The number of phosphoric acid groups is 1. The first-order valence-electron chi connectivity index (χ1n) is 12.3. The van der Waals surface area contributed by atoms with Crippen LogP contribution in [0.25, 0.3) is 11.2 Å². The molecule has 21 heteroatoms. The van der Waals surface area contributed by atoms with Crippen LogP contribution in [0.2, 0.25) is 0 Å². The van der Waals surface area contributed by atoms with E-state index in [4.69, 9.17) is 34.5 Å². The minimum absolute atomic E-state index is 0.0244. The Kier molecular flexibility index (Phi) is 8.54. The van der Waals surface area contributed by atoms with E-state index in [9.17, 15) is 19.4 Å². The van der Waals surface area contributed by atoms with E-state index in [1.807, 2.05) is 0 Å². The fourth-order valence-corrected chi connectivity index (χ4v) is 6.26. The number of imidazole rings is 1. The number of fused-ring (bicyclic) bond motifs is 1. The molecule has 1 aliphatic heterocycles.